The van der Waals surface area contributed by atoms with Crippen LogP contribution in [0, 0.1) is 5.92 Å². The molecule has 0 saturated carbocycles. The van der Waals surface area contributed by atoms with E-state index in [1.807, 2.05) is 11.8 Å². The summed E-state index contributed by atoms with van der Waals surface area (Å²) in [4.78, 5) is 26.1. The Hall–Kier alpha value is -2.28. The number of carbonyl (C=O) groups excluding carboxylic acids is 2. The van der Waals surface area contributed by atoms with Crippen LogP contribution in [0.3, 0.4) is 0 Å². The van der Waals surface area contributed by atoms with E-state index in [2.05, 4.69) is 10.6 Å². The molecule has 24 heavy (non-hydrogen) atoms. The van der Waals surface area contributed by atoms with Gasteiger partial charge in [-0.2, -0.15) is 0 Å². The molecule has 2 rings (SSSR count). The first kappa shape index (κ1) is 18.1. The van der Waals surface area contributed by atoms with Gasteiger partial charge >= 0.3 is 0 Å². The molecular formula is C17H25N3O4. The maximum atomic E-state index is 12.2. The topological polar surface area (TPSA) is 79.9 Å². The van der Waals surface area contributed by atoms with Crippen LogP contribution in [-0.4, -0.2) is 57.1 Å². The third-order valence-corrected chi connectivity index (χ3v) is 4.00. The zero-order valence-electron chi connectivity index (χ0n) is 14.4. The van der Waals surface area contributed by atoms with Gasteiger partial charge in [0.15, 0.2) is 0 Å². The smallest absolute Gasteiger partial charge is 0.238 e. The highest BCUT2D eigenvalue weighted by molar-refractivity contribution is 5.92. The second-order valence-corrected chi connectivity index (χ2v) is 5.76. The second-order valence-electron chi connectivity index (χ2n) is 5.76. The molecule has 0 aromatic heterocycles. The van der Waals surface area contributed by atoms with E-state index in [1.165, 1.54) is 0 Å². The van der Waals surface area contributed by atoms with E-state index < -0.39 is 0 Å². The van der Waals surface area contributed by atoms with Crippen LogP contribution in [0.2, 0.25) is 0 Å². The van der Waals surface area contributed by atoms with Gasteiger partial charge in [0.05, 0.1) is 26.7 Å². The number of hydrogen-bond donors (Lipinski definition) is 2. The van der Waals surface area contributed by atoms with Crippen LogP contribution in [0.15, 0.2) is 18.2 Å². The summed E-state index contributed by atoms with van der Waals surface area (Å²) in [6.45, 7) is 4.15. The standard InChI is InChI=1S/C17H25N3O4/c1-4-18-17(22)12-5-6-20(10-12)11-16(21)19-13-7-14(23-2)9-15(8-13)24-3/h7-9,12H,4-6,10-11H2,1-3H3,(H,18,22)(H,19,21)/t12-/m0/s1. The minimum Gasteiger partial charge on any atom is -0.497 e. The first-order valence-corrected chi connectivity index (χ1v) is 8.08. The van der Waals surface area contributed by atoms with Gasteiger partial charge in [-0.1, -0.05) is 0 Å². The summed E-state index contributed by atoms with van der Waals surface area (Å²) in [5, 5.41) is 5.68. The summed E-state index contributed by atoms with van der Waals surface area (Å²) in [7, 11) is 3.12. The molecule has 1 aliphatic rings. The average molecular weight is 335 g/mol. The summed E-state index contributed by atoms with van der Waals surface area (Å²) in [5.74, 6) is 1.14. The molecule has 1 saturated heterocycles. The van der Waals surface area contributed by atoms with Gasteiger partial charge in [-0.3, -0.25) is 14.5 Å². The normalized spacial score (nSPS) is 17.4. The fourth-order valence-corrected chi connectivity index (χ4v) is 2.79. The molecule has 1 heterocycles. The van der Waals surface area contributed by atoms with Gasteiger partial charge < -0.3 is 20.1 Å². The van der Waals surface area contributed by atoms with Gasteiger partial charge in [0.25, 0.3) is 0 Å². The van der Waals surface area contributed by atoms with E-state index in [1.54, 1.807) is 32.4 Å². The molecule has 1 atom stereocenters. The van der Waals surface area contributed by atoms with Gasteiger partial charge in [0.2, 0.25) is 11.8 Å². The summed E-state index contributed by atoms with van der Waals surface area (Å²) >= 11 is 0. The van der Waals surface area contributed by atoms with E-state index >= 15 is 0 Å². The number of methoxy groups -OCH3 is 2. The number of amides is 2. The quantitative estimate of drug-likeness (QED) is 0.780. The summed E-state index contributed by atoms with van der Waals surface area (Å²) < 4.78 is 10.4. The fourth-order valence-electron chi connectivity index (χ4n) is 2.79. The number of benzene rings is 1. The number of nitrogens with zero attached hydrogens (tertiary/aromatic N) is 1. The Morgan fingerprint density at radius 2 is 1.88 bits per heavy atom. The number of anilines is 1. The highest BCUT2D eigenvalue weighted by atomic mass is 16.5. The van der Waals surface area contributed by atoms with E-state index in [-0.39, 0.29) is 24.3 Å². The molecule has 0 bridgehead atoms. The van der Waals surface area contributed by atoms with Crippen LogP contribution in [0.1, 0.15) is 13.3 Å². The van der Waals surface area contributed by atoms with Crippen molar-refractivity contribution in [1.82, 2.24) is 10.2 Å². The molecule has 2 amide bonds. The highest BCUT2D eigenvalue weighted by Crippen LogP contribution is 2.25. The van der Waals surface area contributed by atoms with Crippen LogP contribution in [-0.2, 0) is 9.59 Å². The van der Waals surface area contributed by atoms with Crippen molar-refractivity contribution in [2.24, 2.45) is 5.92 Å². The molecule has 1 aliphatic heterocycles. The van der Waals surface area contributed by atoms with Crippen molar-refractivity contribution < 1.29 is 19.1 Å². The summed E-state index contributed by atoms with van der Waals surface area (Å²) in [6, 6.07) is 5.22. The number of hydrogen-bond acceptors (Lipinski definition) is 5. The Morgan fingerprint density at radius 1 is 1.21 bits per heavy atom. The molecular weight excluding hydrogens is 310 g/mol. The molecule has 0 unspecified atom stereocenters. The highest BCUT2D eigenvalue weighted by Gasteiger charge is 2.28. The Bertz CT molecular complexity index is 569. The van der Waals surface area contributed by atoms with Crippen LogP contribution in [0.4, 0.5) is 5.69 Å². The average Bonchev–Trinajstić information content (AvgIpc) is 3.03. The first-order chi connectivity index (χ1) is 11.5. The Kier molecular flexibility index (Phi) is 6.43. The minimum absolute atomic E-state index is 0.0327. The maximum Gasteiger partial charge on any atom is 0.238 e. The van der Waals surface area contributed by atoms with Crippen molar-refractivity contribution in [3.8, 4) is 11.5 Å². The largest absolute Gasteiger partial charge is 0.497 e. The van der Waals surface area contributed by atoms with Gasteiger partial charge in [-0.15, -0.1) is 0 Å². The summed E-state index contributed by atoms with van der Waals surface area (Å²) in [5.41, 5.74) is 0.621. The van der Waals surface area contributed by atoms with Crippen LogP contribution in [0.5, 0.6) is 11.5 Å². The number of rotatable bonds is 7. The second kappa shape index (κ2) is 8.54. The lowest BCUT2D eigenvalue weighted by atomic mass is 10.1. The molecule has 0 radical (unpaired) electrons. The molecule has 0 spiro atoms. The van der Waals surface area contributed by atoms with Crippen molar-refractivity contribution in [3.63, 3.8) is 0 Å². The van der Waals surface area contributed by atoms with Crippen molar-refractivity contribution in [2.75, 3.05) is 45.7 Å². The van der Waals surface area contributed by atoms with E-state index in [4.69, 9.17) is 9.47 Å². The zero-order valence-corrected chi connectivity index (χ0v) is 14.4. The lowest BCUT2D eigenvalue weighted by Crippen LogP contribution is -2.35. The maximum absolute atomic E-state index is 12.2. The summed E-state index contributed by atoms with van der Waals surface area (Å²) in [6.07, 6.45) is 0.784. The van der Waals surface area contributed by atoms with Crippen LogP contribution >= 0.6 is 0 Å². The van der Waals surface area contributed by atoms with Crippen molar-refractivity contribution in [2.45, 2.75) is 13.3 Å². The number of carbonyl (C=O) groups is 2. The third-order valence-electron chi connectivity index (χ3n) is 4.00. The molecule has 7 heteroatoms. The number of likely N-dealkylation sites (tertiary alicyclic amines) is 1. The molecule has 7 nitrogen and oxygen atoms in total. The van der Waals surface area contributed by atoms with E-state index in [0.717, 1.165) is 13.0 Å². The SMILES string of the molecule is CCNC(=O)[C@H]1CCN(CC(=O)Nc2cc(OC)cc(OC)c2)C1. The van der Waals surface area contributed by atoms with Crippen LogP contribution < -0.4 is 20.1 Å². The van der Waals surface area contributed by atoms with Gasteiger partial charge in [0.1, 0.15) is 11.5 Å². The first-order valence-electron chi connectivity index (χ1n) is 8.08. The van der Waals surface area contributed by atoms with Gasteiger partial charge in [-0.05, 0) is 19.9 Å². The minimum atomic E-state index is -0.123. The van der Waals surface area contributed by atoms with E-state index in [9.17, 15) is 9.59 Å². The number of ether oxygens (including phenoxy) is 2. The van der Waals surface area contributed by atoms with Crippen LogP contribution in [0.25, 0.3) is 0 Å². The molecule has 1 aromatic rings. The Labute approximate surface area is 142 Å². The predicted octanol–water partition coefficient (Wildman–Crippen LogP) is 1.10. The third kappa shape index (κ3) is 4.86. The molecule has 1 fully saturated rings. The Balaban J connectivity index is 1.89. The lowest BCUT2D eigenvalue weighted by molar-refractivity contribution is -0.125. The van der Waals surface area contributed by atoms with Crippen molar-refractivity contribution in [3.05, 3.63) is 18.2 Å². The van der Waals surface area contributed by atoms with Gasteiger partial charge in [0, 0.05) is 37.0 Å². The lowest BCUT2D eigenvalue weighted by Gasteiger charge is -2.16. The zero-order chi connectivity index (χ0) is 17.5. The molecule has 132 valence electrons. The van der Waals surface area contributed by atoms with E-state index in [0.29, 0.717) is 30.3 Å². The van der Waals surface area contributed by atoms with Crippen molar-refractivity contribution >= 4 is 17.5 Å². The molecule has 2 N–H and O–H groups in total. The molecule has 0 aliphatic carbocycles. The number of nitrogens with one attached hydrogen (secondary N) is 2. The van der Waals surface area contributed by atoms with Gasteiger partial charge in [-0.25, -0.2) is 0 Å². The monoisotopic (exact) mass is 335 g/mol. The predicted molar refractivity (Wildman–Crippen MR) is 91.4 cm³/mol. The van der Waals surface area contributed by atoms with Crippen molar-refractivity contribution in [1.29, 1.82) is 0 Å². The Morgan fingerprint density at radius 3 is 2.46 bits per heavy atom. The molecule has 1 aromatic carbocycles. The fraction of sp³-hybridized carbons (Fsp3) is 0.529.